The molecule has 2 N–H and O–H groups in total. The molecule has 1 aliphatic heterocycles. The number of amides is 1. The number of imidazole rings is 1. The van der Waals surface area contributed by atoms with Crippen LogP contribution in [-0.2, 0) is 18.3 Å². The molecule has 1 unspecified atom stereocenters. The molecule has 0 bridgehead atoms. The zero-order chi connectivity index (χ0) is 11.5. The second kappa shape index (κ2) is 4.65. The third-order valence-electron chi connectivity index (χ3n) is 3.10. The van der Waals surface area contributed by atoms with Crippen LogP contribution in [0.1, 0.15) is 18.7 Å². The number of nitrogens with two attached hydrogens (primary N) is 1. The van der Waals surface area contributed by atoms with Crippen molar-refractivity contribution in [3.8, 4) is 0 Å². The van der Waals surface area contributed by atoms with Gasteiger partial charge in [0.1, 0.15) is 5.82 Å². The molecule has 5 nitrogen and oxygen atoms in total. The van der Waals surface area contributed by atoms with E-state index in [1.54, 1.807) is 6.20 Å². The topological polar surface area (TPSA) is 64.2 Å². The minimum absolute atomic E-state index is 0.0838. The number of nitrogens with zero attached hydrogens (tertiary/aromatic N) is 3. The summed E-state index contributed by atoms with van der Waals surface area (Å²) < 4.78 is 1.98. The lowest BCUT2D eigenvalue weighted by atomic mass is 10.1. The number of hydrogen-bond acceptors (Lipinski definition) is 3. The number of likely N-dealkylation sites (tertiary alicyclic amines) is 1. The fraction of sp³-hybridized carbons (Fsp3) is 0.636. The van der Waals surface area contributed by atoms with Gasteiger partial charge in [0.15, 0.2) is 0 Å². The van der Waals surface area contributed by atoms with E-state index in [2.05, 4.69) is 4.98 Å². The number of carbonyl (C=O) groups is 1. The van der Waals surface area contributed by atoms with E-state index < -0.39 is 0 Å². The van der Waals surface area contributed by atoms with Crippen LogP contribution in [0.2, 0.25) is 0 Å². The highest BCUT2D eigenvalue weighted by Crippen LogP contribution is 2.10. The lowest BCUT2D eigenvalue weighted by molar-refractivity contribution is -0.134. The molecule has 2 rings (SSSR count). The van der Waals surface area contributed by atoms with Crippen LogP contribution in [0, 0.1) is 0 Å². The van der Waals surface area contributed by atoms with Crippen molar-refractivity contribution >= 4 is 5.91 Å². The smallest absolute Gasteiger partial charge is 0.239 e. The molecule has 0 aliphatic carbocycles. The van der Waals surface area contributed by atoms with E-state index in [9.17, 15) is 4.79 Å². The fourth-order valence-electron chi connectivity index (χ4n) is 2.06. The van der Waals surface area contributed by atoms with Crippen molar-refractivity contribution in [1.29, 1.82) is 0 Å². The number of carbonyl (C=O) groups excluding carboxylic acids is 1. The Hall–Kier alpha value is -1.36. The standard InChI is InChI=1S/C11H18N4O/c1-14-8-5-13-10(14)4-7-15-6-2-3-9(12)11(15)16/h5,8-9H,2-4,6-7,12H2,1H3. The first-order valence-electron chi connectivity index (χ1n) is 5.69. The van der Waals surface area contributed by atoms with Gasteiger partial charge in [0.2, 0.25) is 5.91 Å². The first-order chi connectivity index (χ1) is 7.68. The fourth-order valence-corrected chi connectivity index (χ4v) is 2.06. The van der Waals surface area contributed by atoms with Gasteiger partial charge in [0, 0.05) is 39.0 Å². The third-order valence-corrected chi connectivity index (χ3v) is 3.10. The minimum Gasteiger partial charge on any atom is -0.341 e. The van der Waals surface area contributed by atoms with Gasteiger partial charge in [0.05, 0.1) is 6.04 Å². The molecule has 1 fully saturated rings. The first kappa shape index (κ1) is 11.1. The molecule has 0 spiro atoms. The molecule has 88 valence electrons. The summed E-state index contributed by atoms with van der Waals surface area (Å²) in [4.78, 5) is 17.8. The van der Waals surface area contributed by atoms with Crippen molar-refractivity contribution < 1.29 is 4.79 Å². The number of piperidine rings is 1. The Morgan fingerprint density at radius 3 is 3.12 bits per heavy atom. The van der Waals surface area contributed by atoms with Crippen molar-refractivity contribution in [2.75, 3.05) is 13.1 Å². The van der Waals surface area contributed by atoms with Crippen molar-refractivity contribution in [1.82, 2.24) is 14.5 Å². The molecule has 0 radical (unpaired) electrons. The van der Waals surface area contributed by atoms with Gasteiger partial charge in [-0.2, -0.15) is 0 Å². The monoisotopic (exact) mass is 222 g/mol. The summed E-state index contributed by atoms with van der Waals surface area (Å²) in [5, 5.41) is 0. The van der Waals surface area contributed by atoms with Crippen molar-refractivity contribution in [3.05, 3.63) is 18.2 Å². The molecular formula is C11H18N4O. The molecule has 5 heteroatoms. The molecule has 1 saturated heterocycles. The summed E-state index contributed by atoms with van der Waals surface area (Å²) in [7, 11) is 1.96. The Morgan fingerprint density at radius 2 is 2.44 bits per heavy atom. The van der Waals surface area contributed by atoms with E-state index in [-0.39, 0.29) is 11.9 Å². The highest BCUT2D eigenvalue weighted by molar-refractivity contribution is 5.82. The molecule has 1 aliphatic rings. The van der Waals surface area contributed by atoms with Gasteiger partial charge < -0.3 is 15.2 Å². The van der Waals surface area contributed by atoms with Crippen LogP contribution in [0.5, 0.6) is 0 Å². The van der Waals surface area contributed by atoms with Crippen LogP contribution < -0.4 is 5.73 Å². The molecule has 1 aromatic rings. The Morgan fingerprint density at radius 1 is 1.62 bits per heavy atom. The van der Waals surface area contributed by atoms with Gasteiger partial charge in [-0.15, -0.1) is 0 Å². The van der Waals surface area contributed by atoms with E-state index in [1.807, 2.05) is 22.7 Å². The predicted molar refractivity (Wildman–Crippen MR) is 60.7 cm³/mol. The van der Waals surface area contributed by atoms with Gasteiger partial charge in [0.25, 0.3) is 0 Å². The van der Waals surface area contributed by atoms with Crippen LogP contribution >= 0.6 is 0 Å². The molecule has 0 saturated carbocycles. The summed E-state index contributed by atoms with van der Waals surface area (Å²) in [5.74, 6) is 1.09. The van der Waals surface area contributed by atoms with Crippen LogP contribution in [-0.4, -0.2) is 39.5 Å². The first-order valence-corrected chi connectivity index (χ1v) is 5.69. The van der Waals surface area contributed by atoms with Gasteiger partial charge >= 0.3 is 0 Å². The zero-order valence-corrected chi connectivity index (χ0v) is 9.59. The van der Waals surface area contributed by atoms with Gasteiger partial charge in [-0.25, -0.2) is 4.98 Å². The van der Waals surface area contributed by atoms with Crippen LogP contribution in [0.3, 0.4) is 0 Å². The van der Waals surface area contributed by atoms with E-state index in [0.29, 0.717) is 0 Å². The molecule has 1 aromatic heterocycles. The molecule has 1 amide bonds. The predicted octanol–water partition coefficient (Wildman–Crippen LogP) is -0.0877. The summed E-state index contributed by atoms with van der Waals surface area (Å²) >= 11 is 0. The van der Waals surface area contributed by atoms with Gasteiger partial charge in [-0.05, 0) is 12.8 Å². The Labute approximate surface area is 95.2 Å². The normalized spacial score (nSPS) is 21.5. The van der Waals surface area contributed by atoms with Crippen LogP contribution in [0.25, 0.3) is 0 Å². The second-order valence-electron chi connectivity index (χ2n) is 4.28. The van der Waals surface area contributed by atoms with E-state index in [0.717, 1.165) is 38.2 Å². The summed E-state index contributed by atoms with van der Waals surface area (Å²) in [6, 6.07) is -0.296. The molecular weight excluding hydrogens is 204 g/mol. The van der Waals surface area contributed by atoms with Crippen LogP contribution in [0.4, 0.5) is 0 Å². The lowest BCUT2D eigenvalue weighted by Gasteiger charge is -2.30. The van der Waals surface area contributed by atoms with E-state index in [4.69, 9.17) is 5.73 Å². The molecule has 16 heavy (non-hydrogen) atoms. The lowest BCUT2D eigenvalue weighted by Crippen LogP contribution is -2.48. The van der Waals surface area contributed by atoms with E-state index >= 15 is 0 Å². The maximum absolute atomic E-state index is 11.7. The minimum atomic E-state index is -0.296. The molecule has 2 heterocycles. The quantitative estimate of drug-likeness (QED) is 0.777. The Kier molecular flexibility index (Phi) is 3.24. The summed E-state index contributed by atoms with van der Waals surface area (Å²) in [6.45, 7) is 1.55. The third kappa shape index (κ3) is 2.24. The number of hydrogen-bond donors (Lipinski definition) is 1. The number of rotatable bonds is 3. The maximum atomic E-state index is 11.7. The van der Waals surface area contributed by atoms with Crippen molar-refractivity contribution in [3.63, 3.8) is 0 Å². The van der Waals surface area contributed by atoms with Gasteiger partial charge in [-0.3, -0.25) is 4.79 Å². The summed E-state index contributed by atoms with van der Waals surface area (Å²) in [5.41, 5.74) is 5.74. The van der Waals surface area contributed by atoms with E-state index in [1.165, 1.54) is 0 Å². The number of aryl methyl sites for hydroxylation is 1. The molecule has 0 aromatic carbocycles. The van der Waals surface area contributed by atoms with Crippen molar-refractivity contribution in [2.24, 2.45) is 12.8 Å². The average molecular weight is 222 g/mol. The SMILES string of the molecule is Cn1ccnc1CCN1CCCC(N)C1=O. The number of aromatic nitrogens is 2. The second-order valence-corrected chi connectivity index (χ2v) is 4.28. The molecule has 1 atom stereocenters. The maximum Gasteiger partial charge on any atom is 0.239 e. The average Bonchev–Trinajstić information content (AvgIpc) is 2.67. The largest absolute Gasteiger partial charge is 0.341 e. The van der Waals surface area contributed by atoms with Gasteiger partial charge in [-0.1, -0.05) is 0 Å². The summed E-state index contributed by atoms with van der Waals surface area (Å²) in [6.07, 6.45) is 6.31. The van der Waals surface area contributed by atoms with Crippen LogP contribution in [0.15, 0.2) is 12.4 Å². The van der Waals surface area contributed by atoms with Crippen molar-refractivity contribution in [2.45, 2.75) is 25.3 Å². The Balaban J connectivity index is 1.90. The highest BCUT2D eigenvalue weighted by atomic mass is 16.2. The highest BCUT2D eigenvalue weighted by Gasteiger charge is 2.25. The zero-order valence-electron chi connectivity index (χ0n) is 9.59. The Bertz CT molecular complexity index is 374.